The number of carboxylic acids is 1. The Hall–Kier alpha value is -4.99. The van der Waals surface area contributed by atoms with E-state index in [1.807, 2.05) is 91.0 Å². The van der Waals surface area contributed by atoms with E-state index >= 15 is 0 Å². The third-order valence-electron chi connectivity index (χ3n) is 7.12. The summed E-state index contributed by atoms with van der Waals surface area (Å²) in [6.45, 7) is 0.194. The first kappa shape index (κ1) is 34.5. The van der Waals surface area contributed by atoms with E-state index in [1.165, 1.54) is 0 Å². The Kier molecular flexibility index (Phi) is 14.3. The molecule has 0 spiro atoms. The smallest absolute Gasteiger partial charge is 0.306 e. The molecule has 0 unspecified atom stereocenters. The standard InChI is InChI=1S/C35H39NO9/c37-30(16-17-31(38)39)36-35(21-18-32(40)43-24-27-10-4-1-5-11-27,22-19-33(41)44-25-28-12-6-2-7-13-28)23-20-34(42)45-26-29-14-8-3-9-15-29/h1-15H,16-26H2,(H,36,37)(H,38,39). The van der Waals surface area contributed by atoms with Gasteiger partial charge in [-0.1, -0.05) is 91.0 Å². The zero-order chi connectivity index (χ0) is 32.3. The second-order valence-corrected chi connectivity index (χ2v) is 10.7. The highest BCUT2D eigenvalue weighted by atomic mass is 16.5. The van der Waals surface area contributed by atoms with E-state index in [-0.39, 0.29) is 64.8 Å². The molecule has 0 saturated carbocycles. The van der Waals surface area contributed by atoms with Crippen LogP contribution in [0.1, 0.15) is 68.1 Å². The van der Waals surface area contributed by atoms with Crippen molar-refractivity contribution in [3.05, 3.63) is 108 Å². The molecule has 45 heavy (non-hydrogen) atoms. The van der Waals surface area contributed by atoms with Gasteiger partial charge in [0.15, 0.2) is 0 Å². The zero-order valence-electron chi connectivity index (χ0n) is 25.2. The van der Waals surface area contributed by atoms with Crippen molar-refractivity contribution in [2.45, 2.75) is 76.7 Å². The molecule has 0 aliphatic carbocycles. The number of nitrogens with one attached hydrogen (secondary N) is 1. The van der Waals surface area contributed by atoms with Gasteiger partial charge in [0.1, 0.15) is 19.8 Å². The molecule has 238 valence electrons. The maximum absolute atomic E-state index is 12.9. The van der Waals surface area contributed by atoms with Crippen LogP contribution in [-0.4, -0.2) is 40.4 Å². The molecule has 10 heteroatoms. The van der Waals surface area contributed by atoms with E-state index in [2.05, 4.69) is 5.32 Å². The van der Waals surface area contributed by atoms with E-state index in [1.54, 1.807) is 0 Å². The van der Waals surface area contributed by atoms with Gasteiger partial charge in [-0.3, -0.25) is 24.0 Å². The van der Waals surface area contributed by atoms with Crippen molar-refractivity contribution < 1.29 is 43.3 Å². The lowest BCUT2D eigenvalue weighted by atomic mass is 9.83. The van der Waals surface area contributed by atoms with Crippen LogP contribution in [0.5, 0.6) is 0 Å². The van der Waals surface area contributed by atoms with E-state index < -0.39 is 41.7 Å². The third-order valence-corrected chi connectivity index (χ3v) is 7.12. The van der Waals surface area contributed by atoms with E-state index in [0.717, 1.165) is 16.7 Å². The third kappa shape index (κ3) is 13.9. The average Bonchev–Trinajstić information content (AvgIpc) is 3.06. The molecule has 0 heterocycles. The summed E-state index contributed by atoms with van der Waals surface area (Å²) in [7, 11) is 0. The van der Waals surface area contributed by atoms with Crippen molar-refractivity contribution in [2.24, 2.45) is 0 Å². The van der Waals surface area contributed by atoms with E-state index in [9.17, 15) is 24.0 Å². The summed E-state index contributed by atoms with van der Waals surface area (Å²) in [4.78, 5) is 62.3. The molecule has 1 amide bonds. The second kappa shape index (κ2) is 18.6. The lowest BCUT2D eigenvalue weighted by Crippen LogP contribution is -2.49. The van der Waals surface area contributed by atoms with Gasteiger partial charge in [-0.2, -0.15) is 0 Å². The molecule has 0 radical (unpaired) electrons. The van der Waals surface area contributed by atoms with Crippen molar-refractivity contribution in [3.8, 4) is 0 Å². The predicted molar refractivity (Wildman–Crippen MR) is 164 cm³/mol. The van der Waals surface area contributed by atoms with E-state index in [4.69, 9.17) is 19.3 Å². The number of aliphatic carboxylic acids is 1. The summed E-state index contributed by atoms with van der Waals surface area (Å²) >= 11 is 0. The van der Waals surface area contributed by atoms with Gasteiger partial charge in [0, 0.05) is 31.2 Å². The molecule has 0 aromatic heterocycles. The number of hydrogen-bond donors (Lipinski definition) is 2. The van der Waals surface area contributed by atoms with Gasteiger partial charge in [-0.25, -0.2) is 0 Å². The minimum atomic E-state index is -1.22. The van der Waals surface area contributed by atoms with Crippen molar-refractivity contribution >= 4 is 29.8 Å². The van der Waals surface area contributed by atoms with Crippen LogP contribution in [0.4, 0.5) is 0 Å². The monoisotopic (exact) mass is 617 g/mol. The summed E-state index contributed by atoms with van der Waals surface area (Å²) in [5.41, 5.74) is 1.20. The lowest BCUT2D eigenvalue weighted by Gasteiger charge is -2.35. The minimum Gasteiger partial charge on any atom is -0.481 e. The minimum absolute atomic E-state index is 0.0391. The molecule has 3 aromatic carbocycles. The number of benzene rings is 3. The van der Waals surface area contributed by atoms with Gasteiger partial charge in [0.2, 0.25) is 5.91 Å². The van der Waals surface area contributed by atoms with Crippen LogP contribution in [0.2, 0.25) is 0 Å². The van der Waals surface area contributed by atoms with Crippen LogP contribution >= 0.6 is 0 Å². The van der Waals surface area contributed by atoms with Crippen LogP contribution in [-0.2, 0) is 58.0 Å². The molecule has 0 bridgehead atoms. The van der Waals surface area contributed by atoms with Gasteiger partial charge in [-0.15, -0.1) is 0 Å². The topological polar surface area (TPSA) is 145 Å². The van der Waals surface area contributed by atoms with E-state index in [0.29, 0.717) is 0 Å². The van der Waals surface area contributed by atoms with Crippen molar-refractivity contribution in [2.75, 3.05) is 0 Å². The summed E-state index contributed by atoms with van der Waals surface area (Å²) < 4.78 is 16.3. The van der Waals surface area contributed by atoms with Gasteiger partial charge in [0.05, 0.1) is 6.42 Å². The number of hydrogen-bond acceptors (Lipinski definition) is 8. The highest BCUT2D eigenvalue weighted by molar-refractivity contribution is 5.81. The van der Waals surface area contributed by atoms with Gasteiger partial charge < -0.3 is 24.6 Å². The first-order chi connectivity index (χ1) is 21.7. The second-order valence-electron chi connectivity index (χ2n) is 10.7. The summed E-state index contributed by atoms with van der Waals surface area (Å²) in [5, 5.41) is 11.9. The Morgan fingerprint density at radius 1 is 0.511 bits per heavy atom. The number of esters is 3. The average molecular weight is 618 g/mol. The van der Waals surface area contributed by atoms with Gasteiger partial charge in [-0.05, 0) is 36.0 Å². The fourth-order valence-corrected chi connectivity index (χ4v) is 4.60. The van der Waals surface area contributed by atoms with Crippen molar-refractivity contribution in [1.82, 2.24) is 5.32 Å². The molecule has 3 aromatic rings. The molecular weight excluding hydrogens is 578 g/mol. The molecule has 0 fully saturated rings. The zero-order valence-corrected chi connectivity index (χ0v) is 25.2. The number of carbonyl (C=O) groups is 5. The number of carboxylic acid groups (broad SMARTS) is 1. The first-order valence-corrected chi connectivity index (χ1v) is 14.8. The van der Waals surface area contributed by atoms with Crippen LogP contribution in [0.25, 0.3) is 0 Å². The number of amides is 1. The maximum atomic E-state index is 12.9. The summed E-state index contributed by atoms with van der Waals surface area (Å²) in [6.07, 6.45) is -0.962. The lowest BCUT2D eigenvalue weighted by molar-refractivity contribution is -0.146. The molecule has 0 saturated heterocycles. The Balaban J connectivity index is 1.71. The fourth-order valence-electron chi connectivity index (χ4n) is 4.60. The molecule has 10 nitrogen and oxygen atoms in total. The number of carbonyl (C=O) groups excluding carboxylic acids is 4. The first-order valence-electron chi connectivity index (χ1n) is 14.8. The fraction of sp³-hybridized carbons (Fsp3) is 0.343. The summed E-state index contributed by atoms with van der Waals surface area (Å²) in [6, 6.07) is 27.4. The molecule has 0 atom stereocenters. The highest BCUT2D eigenvalue weighted by Crippen LogP contribution is 2.28. The quantitative estimate of drug-likeness (QED) is 0.136. The molecule has 2 N–H and O–H groups in total. The molecule has 0 aliphatic heterocycles. The van der Waals surface area contributed by atoms with Crippen LogP contribution < -0.4 is 5.32 Å². The highest BCUT2D eigenvalue weighted by Gasteiger charge is 2.34. The van der Waals surface area contributed by atoms with Crippen LogP contribution in [0.15, 0.2) is 91.0 Å². The molecule has 0 aliphatic rings. The molecule has 3 rings (SSSR count). The van der Waals surface area contributed by atoms with Gasteiger partial charge in [0.25, 0.3) is 0 Å². The Labute approximate surface area is 262 Å². The van der Waals surface area contributed by atoms with Gasteiger partial charge >= 0.3 is 23.9 Å². The Bertz CT molecular complexity index is 1230. The Morgan fingerprint density at radius 3 is 1.16 bits per heavy atom. The number of ether oxygens (including phenoxy) is 3. The number of rotatable bonds is 19. The largest absolute Gasteiger partial charge is 0.481 e. The normalized spacial score (nSPS) is 10.8. The SMILES string of the molecule is O=C(O)CCC(=O)NC(CCC(=O)OCc1ccccc1)(CCC(=O)OCc1ccccc1)CCC(=O)OCc1ccccc1. The maximum Gasteiger partial charge on any atom is 0.306 e. The van der Waals surface area contributed by atoms with Crippen molar-refractivity contribution in [1.29, 1.82) is 0 Å². The predicted octanol–water partition coefficient (Wildman–Crippen LogP) is 5.28. The Morgan fingerprint density at radius 2 is 0.844 bits per heavy atom. The molecular formula is C35H39NO9. The van der Waals surface area contributed by atoms with Crippen LogP contribution in [0.3, 0.4) is 0 Å². The van der Waals surface area contributed by atoms with Crippen molar-refractivity contribution in [3.63, 3.8) is 0 Å². The summed E-state index contributed by atoms with van der Waals surface area (Å²) in [5.74, 6) is -3.30. The van der Waals surface area contributed by atoms with Crippen LogP contribution in [0, 0.1) is 0 Å².